The van der Waals surface area contributed by atoms with Gasteiger partial charge in [0.25, 0.3) is 0 Å². The first kappa shape index (κ1) is 15.9. The van der Waals surface area contributed by atoms with Crippen LogP contribution in [-0.2, 0) is 4.79 Å². The van der Waals surface area contributed by atoms with E-state index in [0.29, 0.717) is 12.0 Å². The molecule has 3 nitrogen and oxygen atoms in total. The second-order valence-electron chi connectivity index (χ2n) is 4.87. The van der Waals surface area contributed by atoms with Gasteiger partial charge in [-0.3, -0.25) is 4.79 Å². The summed E-state index contributed by atoms with van der Waals surface area (Å²) in [5, 5.41) is 2.99. The van der Waals surface area contributed by atoms with E-state index in [0.717, 1.165) is 19.4 Å². The molecule has 0 aliphatic heterocycles. The quantitative estimate of drug-likeness (QED) is 0.730. The average molecular weight is 293 g/mol. The van der Waals surface area contributed by atoms with Crippen LogP contribution in [0.5, 0.6) is 0 Å². The molecule has 0 aromatic heterocycles. The van der Waals surface area contributed by atoms with Crippen LogP contribution < -0.4 is 5.32 Å². The van der Waals surface area contributed by atoms with Gasteiger partial charge in [0.05, 0.1) is 4.83 Å². The molecule has 0 aliphatic rings. The van der Waals surface area contributed by atoms with Gasteiger partial charge in [0.1, 0.15) is 0 Å². The number of nitrogens with one attached hydrogen (secondary N) is 1. The van der Waals surface area contributed by atoms with Crippen LogP contribution in [0.15, 0.2) is 0 Å². The molecule has 96 valence electrons. The predicted octanol–water partition coefficient (Wildman–Crippen LogP) is 2.25. The van der Waals surface area contributed by atoms with E-state index in [1.807, 2.05) is 6.92 Å². The van der Waals surface area contributed by atoms with Crippen molar-refractivity contribution in [2.24, 2.45) is 5.92 Å². The summed E-state index contributed by atoms with van der Waals surface area (Å²) in [5.74, 6) is 0.744. The number of nitrogens with zero attached hydrogens (tertiary/aromatic N) is 1. The van der Waals surface area contributed by atoms with Crippen LogP contribution in [0.4, 0.5) is 0 Å². The Morgan fingerprint density at radius 3 is 2.31 bits per heavy atom. The van der Waals surface area contributed by atoms with Crippen LogP contribution >= 0.6 is 15.9 Å². The van der Waals surface area contributed by atoms with Gasteiger partial charge in [-0.1, -0.05) is 36.7 Å². The Morgan fingerprint density at radius 2 is 1.94 bits per heavy atom. The van der Waals surface area contributed by atoms with Crippen molar-refractivity contribution in [3.8, 4) is 0 Å². The van der Waals surface area contributed by atoms with E-state index in [1.54, 1.807) is 0 Å². The maximum absolute atomic E-state index is 11.6. The van der Waals surface area contributed by atoms with Gasteiger partial charge in [0.15, 0.2) is 0 Å². The second-order valence-corrected chi connectivity index (χ2v) is 5.97. The lowest BCUT2D eigenvalue weighted by atomic mass is 10.0. The van der Waals surface area contributed by atoms with Crippen LogP contribution in [0.2, 0.25) is 0 Å². The summed E-state index contributed by atoms with van der Waals surface area (Å²) in [5.41, 5.74) is 0. The molecule has 16 heavy (non-hydrogen) atoms. The molecule has 0 heterocycles. The minimum atomic E-state index is -0.0608. The van der Waals surface area contributed by atoms with Crippen LogP contribution in [0, 0.1) is 5.92 Å². The Morgan fingerprint density at radius 1 is 1.38 bits per heavy atom. The summed E-state index contributed by atoms with van der Waals surface area (Å²) in [6, 6.07) is 0.417. The first-order valence-electron chi connectivity index (χ1n) is 5.96. The molecule has 0 saturated heterocycles. The van der Waals surface area contributed by atoms with E-state index in [-0.39, 0.29) is 10.7 Å². The van der Waals surface area contributed by atoms with Gasteiger partial charge in [-0.2, -0.15) is 0 Å². The predicted molar refractivity (Wildman–Crippen MR) is 72.9 cm³/mol. The molecule has 2 atom stereocenters. The molecule has 0 aromatic carbocycles. The van der Waals surface area contributed by atoms with Crippen molar-refractivity contribution in [3.63, 3.8) is 0 Å². The highest BCUT2D eigenvalue weighted by molar-refractivity contribution is 9.10. The molecular weight excluding hydrogens is 268 g/mol. The molecule has 1 amide bonds. The van der Waals surface area contributed by atoms with Crippen molar-refractivity contribution in [1.29, 1.82) is 0 Å². The Kier molecular flexibility index (Phi) is 8.02. The average Bonchev–Trinajstić information content (AvgIpc) is 2.21. The Hall–Kier alpha value is -0.0900. The first-order chi connectivity index (χ1) is 7.38. The lowest BCUT2D eigenvalue weighted by Gasteiger charge is -2.26. The normalized spacial score (nSPS) is 15.2. The van der Waals surface area contributed by atoms with E-state index >= 15 is 0 Å². The van der Waals surface area contributed by atoms with Gasteiger partial charge in [-0.25, -0.2) is 0 Å². The maximum Gasteiger partial charge on any atom is 0.233 e. The van der Waals surface area contributed by atoms with Crippen LogP contribution in [0.3, 0.4) is 0 Å². The number of hydrogen-bond acceptors (Lipinski definition) is 2. The fourth-order valence-corrected chi connectivity index (χ4v) is 1.70. The minimum Gasteiger partial charge on any atom is -0.354 e. The van der Waals surface area contributed by atoms with Gasteiger partial charge >= 0.3 is 0 Å². The monoisotopic (exact) mass is 292 g/mol. The molecule has 4 heteroatoms. The van der Waals surface area contributed by atoms with Gasteiger partial charge < -0.3 is 10.2 Å². The maximum atomic E-state index is 11.6. The third-order valence-electron chi connectivity index (χ3n) is 2.63. The zero-order valence-corrected chi connectivity index (χ0v) is 12.7. The fourth-order valence-electron chi connectivity index (χ4n) is 1.54. The Labute approximate surface area is 108 Å². The molecule has 0 bridgehead atoms. The van der Waals surface area contributed by atoms with Gasteiger partial charge in [0, 0.05) is 12.6 Å². The zero-order chi connectivity index (χ0) is 12.7. The zero-order valence-electron chi connectivity index (χ0n) is 11.1. The molecular formula is C12H25BrN2O. The second kappa shape index (κ2) is 8.07. The summed E-state index contributed by atoms with van der Waals surface area (Å²) in [4.78, 5) is 13.7. The van der Waals surface area contributed by atoms with E-state index in [9.17, 15) is 4.79 Å². The first-order valence-corrected chi connectivity index (χ1v) is 6.88. The smallest absolute Gasteiger partial charge is 0.233 e. The highest BCUT2D eigenvalue weighted by Gasteiger charge is 2.17. The Bertz CT molecular complexity index is 207. The number of rotatable bonds is 7. The van der Waals surface area contributed by atoms with E-state index in [4.69, 9.17) is 0 Å². The SMILES string of the molecule is CCC(Br)C(=O)NCC(CC(C)C)N(C)C. The highest BCUT2D eigenvalue weighted by atomic mass is 79.9. The van der Waals surface area contributed by atoms with Crippen molar-refractivity contribution in [3.05, 3.63) is 0 Å². The van der Waals surface area contributed by atoms with E-state index < -0.39 is 0 Å². The third kappa shape index (κ3) is 6.48. The van der Waals surface area contributed by atoms with Gasteiger partial charge in [0.2, 0.25) is 5.91 Å². The van der Waals surface area contributed by atoms with E-state index in [2.05, 4.69) is 54.1 Å². The van der Waals surface area contributed by atoms with Crippen molar-refractivity contribution >= 4 is 21.8 Å². The fraction of sp³-hybridized carbons (Fsp3) is 0.917. The molecule has 1 N–H and O–H groups in total. The number of alkyl halides is 1. The topological polar surface area (TPSA) is 32.3 Å². The lowest BCUT2D eigenvalue weighted by Crippen LogP contribution is -2.43. The minimum absolute atomic E-state index is 0.0608. The third-order valence-corrected chi connectivity index (χ3v) is 3.69. The summed E-state index contributed by atoms with van der Waals surface area (Å²) in [6.07, 6.45) is 1.93. The molecule has 0 aromatic rings. The van der Waals surface area contributed by atoms with Crippen LogP contribution in [0.25, 0.3) is 0 Å². The molecule has 0 spiro atoms. The van der Waals surface area contributed by atoms with Gasteiger partial charge in [-0.15, -0.1) is 0 Å². The summed E-state index contributed by atoms with van der Waals surface area (Å²) >= 11 is 3.35. The Balaban J connectivity index is 4.06. The lowest BCUT2D eigenvalue weighted by molar-refractivity contribution is -0.120. The number of likely N-dealkylation sites (N-methyl/N-ethyl adjacent to an activating group) is 1. The van der Waals surface area contributed by atoms with Crippen molar-refractivity contribution < 1.29 is 4.79 Å². The molecule has 0 aliphatic carbocycles. The van der Waals surface area contributed by atoms with Crippen LogP contribution in [0.1, 0.15) is 33.6 Å². The molecule has 2 unspecified atom stereocenters. The number of carbonyl (C=O) groups excluding carboxylic acids is 1. The molecule has 0 rings (SSSR count). The van der Waals surface area contributed by atoms with Crippen molar-refractivity contribution in [2.45, 2.75) is 44.5 Å². The van der Waals surface area contributed by atoms with Crippen molar-refractivity contribution in [2.75, 3.05) is 20.6 Å². The molecule has 0 radical (unpaired) electrons. The summed E-state index contributed by atoms with van der Waals surface area (Å²) < 4.78 is 0. The standard InChI is InChI=1S/C12H25BrN2O/c1-6-11(13)12(16)14-8-10(15(4)5)7-9(2)3/h9-11H,6-8H2,1-5H3,(H,14,16). The highest BCUT2D eigenvalue weighted by Crippen LogP contribution is 2.09. The molecule has 0 saturated carbocycles. The number of carbonyl (C=O) groups is 1. The molecule has 0 fully saturated rings. The largest absolute Gasteiger partial charge is 0.354 e. The van der Waals surface area contributed by atoms with Crippen molar-refractivity contribution in [1.82, 2.24) is 10.2 Å². The van der Waals surface area contributed by atoms with E-state index in [1.165, 1.54) is 0 Å². The summed E-state index contributed by atoms with van der Waals surface area (Å²) in [6.45, 7) is 7.14. The summed E-state index contributed by atoms with van der Waals surface area (Å²) in [7, 11) is 4.12. The van der Waals surface area contributed by atoms with Crippen LogP contribution in [-0.4, -0.2) is 42.3 Å². The number of halogens is 1. The number of hydrogen-bond donors (Lipinski definition) is 1. The van der Waals surface area contributed by atoms with Gasteiger partial charge in [-0.05, 0) is 32.9 Å². The number of amides is 1.